The Morgan fingerprint density at radius 2 is 1.94 bits per heavy atom. The van der Waals surface area contributed by atoms with E-state index in [4.69, 9.17) is 5.11 Å². The van der Waals surface area contributed by atoms with Gasteiger partial charge >= 0.3 is 5.97 Å². The van der Waals surface area contributed by atoms with Crippen LogP contribution in [-0.4, -0.2) is 11.1 Å². The second-order valence-corrected chi connectivity index (χ2v) is 3.76. The van der Waals surface area contributed by atoms with Gasteiger partial charge in [0.2, 0.25) is 0 Å². The number of nitrogens with zero attached hydrogens (tertiary/aromatic N) is 1. The summed E-state index contributed by atoms with van der Waals surface area (Å²) in [5.74, 6) is -0.955. The van der Waals surface area contributed by atoms with Crippen LogP contribution in [0.5, 0.6) is 0 Å². The summed E-state index contributed by atoms with van der Waals surface area (Å²) in [6.07, 6.45) is 3.12. The second-order valence-electron chi connectivity index (χ2n) is 3.76. The van der Waals surface area contributed by atoms with Crippen molar-refractivity contribution in [2.45, 2.75) is 0 Å². The first-order valence-electron chi connectivity index (χ1n) is 5.20. The van der Waals surface area contributed by atoms with Crippen molar-refractivity contribution in [3.63, 3.8) is 0 Å². The zero-order valence-electron chi connectivity index (χ0n) is 8.84. The molecule has 0 saturated heterocycles. The molecule has 1 aliphatic heterocycles. The Morgan fingerprint density at radius 1 is 1.12 bits per heavy atom. The molecule has 0 fully saturated rings. The zero-order chi connectivity index (χ0) is 11.8. The SMILES string of the molecule is O=C(O)c1cccc2c1=[C+]c1ccccc1N=2. The molecule has 80 valence electrons. The second kappa shape index (κ2) is 3.51. The molecule has 3 heteroatoms. The maximum absolute atomic E-state index is 11.1. The topological polar surface area (TPSA) is 49.7 Å². The number of aromatic carboxylic acids is 1. The summed E-state index contributed by atoms with van der Waals surface area (Å²) in [5, 5.41) is 10.3. The van der Waals surface area contributed by atoms with Crippen molar-refractivity contribution in [2.75, 3.05) is 0 Å². The number of rotatable bonds is 1. The van der Waals surface area contributed by atoms with Crippen molar-refractivity contribution in [1.82, 2.24) is 0 Å². The lowest BCUT2D eigenvalue weighted by molar-refractivity contribution is 0.0695. The molecule has 3 nitrogen and oxygen atoms in total. The quantitative estimate of drug-likeness (QED) is 0.632. The van der Waals surface area contributed by atoms with Gasteiger partial charge in [-0.05, 0) is 24.3 Å². The van der Waals surface area contributed by atoms with Gasteiger partial charge in [-0.15, -0.1) is 0 Å². The highest BCUT2D eigenvalue weighted by molar-refractivity contribution is 5.89. The van der Waals surface area contributed by atoms with Gasteiger partial charge in [0.25, 0.3) is 0 Å². The van der Waals surface area contributed by atoms with Crippen LogP contribution < -0.4 is 10.6 Å². The van der Waals surface area contributed by atoms with E-state index in [1.165, 1.54) is 0 Å². The Hall–Kier alpha value is -2.51. The van der Waals surface area contributed by atoms with Crippen LogP contribution in [-0.2, 0) is 0 Å². The minimum Gasteiger partial charge on any atom is -0.472 e. The Bertz CT molecular complexity index is 732. The summed E-state index contributed by atoms with van der Waals surface area (Å²) in [6, 6.07) is 12.6. The molecule has 0 saturated carbocycles. The molecule has 1 heterocycles. The Balaban J connectivity index is 2.40. The highest BCUT2D eigenvalue weighted by Crippen LogP contribution is 2.19. The lowest BCUT2D eigenvalue weighted by Gasteiger charge is -1.98. The minimum absolute atomic E-state index is 0.237. The van der Waals surface area contributed by atoms with Gasteiger partial charge in [-0.1, -0.05) is 0 Å². The fourth-order valence-corrected chi connectivity index (χ4v) is 1.88. The van der Waals surface area contributed by atoms with Crippen LogP contribution in [0.4, 0.5) is 5.69 Å². The lowest BCUT2D eigenvalue weighted by atomic mass is 10.0. The predicted octanol–water partition coefficient (Wildman–Crippen LogP) is 1.36. The summed E-state index contributed by atoms with van der Waals surface area (Å²) < 4.78 is 0. The van der Waals surface area contributed by atoms with E-state index in [0.29, 0.717) is 10.6 Å². The molecule has 0 atom stereocenters. The third-order valence-corrected chi connectivity index (χ3v) is 2.68. The van der Waals surface area contributed by atoms with Crippen LogP contribution in [0, 0.1) is 0 Å². The molecule has 3 rings (SSSR count). The minimum atomic E-state index is -0.955. The average Bonchev–Trinajstić information content (AvgIpc) is 2.35. The number of benzene rings is 2. The molecule has 0 unspecified atom stereocenters. The summed E-state index contributed by atoms with van der Waals surface area (Å²) >= 11 is 0. The maximum atomic E-state index is 11.1. The Kier molecular flexibility index (Phi) is 2.00. The molecule has 2 aromatic rings. The third kappa shape index (κ3) is 1.50. The standard InChI is InChI=1S/C14H7NO2/c16-14(17)10-5-3-7-13-11(10)8-9-4-1-2-6-12(9)15-13/h1-7H/p+1. The highest BCUT2D eigenvalue weighted by Gasteiger charge is 2.17. The van der Waals surface area contributed by atoms with Crippen LogP contribution in [0.1, 0.15) is 15.9 Å². The smallest absolute Gasteiger partial charge is 0.371 e. The molecule has 1 aliphatic rings. The van der Waals surface area contributed by atoms with E-state index in [-0.39, 0.29) is 5.56 Å². The molecule has 2 aromatic carbocycles. The van der Waals surface area contributed by atoms with Crippen LogP contribution in [0.15, 0.2) is 47.5 Å². The molecule has 0 amide bonds. The predicted molar refractivity (Wildman–Crippen MR) is 62.8 cm³/mol. The van der Waals surface area contributed by atoms with Crippen LogP contribution in [0.25, 0.3) is 6.08 Å². The Morgan fingerprint density at radius 3 is 2.76 bits per heavy atom. The molecule has 0 aromatic heterocycles. The number of fused-ring (bicyclic) bond motifs is 2. The van der Waals surface area contributed by atoms with Gasteiger partial charge in [0.1, 0.15) is 11.1 Å². The van der Waals surface area contributed by atoms with E-state index in [1.54, 1.807) is 18.2 Å². The van der Waals surface area contributed by atoms with Gasteiger partial charge in [0.15, 0.2) is 16.3 Å². The van der Waals surface area contributed by atoms with Crippen molar-refractivity contribution in [3.8, 4) is 0 Å². The van der Waals surface area contributed by atoms with Crippen molar-refractivity contribution in [2.24, 2.45) is 4.99 Å². The number of hydrogen-bond donors (Lipinski definition) is 1. The number of carboxylic acid groups (broad SMARTS) is 1. The van der Waals surface area contributed by atoms with E-state index in [1.807, 2.05) is 24.3 Å². The van der Waals surface area contributed by atoms with Crippen LogP contribution >= 0.6 is 0 Å². The maximum Gasteiger partial charge on any atom is 0.371 e. The number of carbonyl (C=O) groups is 1. The van der Waals surface area contributed by atoms with Crippen LogP contribution in [0.2, 0.25) is 0 Å². The molecular weight excluding hydrogens is 214 g/mol. The normalized spacial score (nSPS) is 11.3. The summed E-state index contributed by atoms with van der Waals surface area (Å²) in [4.78, 5) is 15.5. The van der Waals surface area contributed by atoms with E-state index in [0.717, 1.165) is 11.3 Å². The van der Waals surface area contributed by atoms with Gasteiger partial charge < -0.3 is 5.11 Å². The molecule has 0 aliphatic carbocycles. The van der Waals surface area contributed by atoms with Gasteiger partial charge in [0, 0.05) is 24.3 Å². The van der Waals surface area contributed by atoms with Gasteiger partial charge in [-0.3, -0.25) is 0 Å². The third-order valence-electron chi connectivity index (χ3n) is 2.68. The van der Waals surface area contributed by atoms with E-state index in [9.17, 15) is 4.79 Å². The van der Waals surface area contributed by atoms with Gasteiger partial charge in [-0.2, -0.15) is 4.99 Å². The van der Waals surface area contributed by atoms with Crippen molar-refractivity contribution >= 4 is 17.7 Å². The summed E-state index contributed by atoms with van der Waals surface area (Å²) in [7, 11) is 0. The molecule has 0 bridgehead atoms. The van der Waals surface area contributed by atoms with E-state index < -0.39 is 5.97 Å². The number of hydrogen-bond acceptors (Lipinski definition) is 2. The molecule has 1 N–H and O–H groups in total. The first kappa shape index (κ1) is 9.70. The molecule has 0 spiro atoms. The highest BCUT2D eigenvalue weighted by atomic mass is 16.4. The van der Waals surface area contributed by atoms with Crippen molar-refractivity contribution in [3.05, 3.63) is 64.2 Å². The fourth-order valence-electron chi connectivity index (χ4n) is 1.88. The number of para-hydroxylation sites is 1. The summed E-state index contributed by atoms with van der Waals surface area (Å²) in [6.45, 7) is 0. The van der Waals surface area contributed by atoms with Gasteiger partial charge in [-0.25, -0.2) is 4.79 Å². The van der Waals surface area contributed by atoms with Crippen LogP contribution in [0.3, 0.4) is 0 Å². The number of carboxylic acids is 1. The van der Waals surface area contributed by atoms with Crippen molar-refractivity contribution < 1.29 is 9.90 Å². The largest absolute Gasteiger partial charge is 0.472 e. The average molecular weight is 222 g/mol. The van der Waals surface area contributed by atoms with E-state index >= 15 is 0 Å². The lowest BCUT2D eigenvalue weighted by Crippen LogP contribution is -2.32. The van der Waals surface area contributed by atoms with E-state index in [2.05, 4.69) is 11.1 Å². The Labute approximate surface area is 97.4 Å². The monoisotopic (exact) mass is 222 g/mol. The molecule has 17 heavy (non-hydrogen) atoms. The fraction of sp³-hybridized carbons (Fsp3) is 0. The molecule has 0 radical (unpaired) electrons. The first-order chi connectivity index (χ1) is 8.25. The summed E-state index contributed by atoms with van der Waals surface area (Å²) in [5.41, 5.74) is 1.89. The molecular formula is C14H8NO2+. The van der Waals surface area contributed by atoms with Crippen molar-refractivity contribution in [1.29, 1.82) is 0 Å². The zero-order valence-corrected chi connectivity index (χ0v) is 8.84. The van der Waals surface area contributed by atoms with Gasteiger partial charge in [0.05, 0.1) is 0 Å². The first-order valence-corrected chi connectivity index (χ1v) is 5.20.